The lowest BCUT2D eigenvalue weighted by Gasteiger charge is -2.38. The van der Waals surface area contributed by atoms with Crippen molar-refractivity contribution in [1.29, 1.82) is 0 Å². The molecule has 0 aliphatic carbocycles. The summed E-state index contributed by atoms with van der Waals surface area (Å²) < 4.78 is 10.5. The van der Waals surface area contributed by atoms with Gasteiger partial charge >= 0.3 is 0 Å². The van der Waals surface area contributed by atoms with Crippen LogP contribution in [0.4, 0.5) is 0 Å². The fourth-order valence-electron chi connectivity index (χ4n) is 2.00. The normalized spacial score (nSPS) is 34.9. The molecule has 0 aromatic heterocycles. The molecule has 0 amide bonds. The molecule has 0 bridgehead atoms. The van der Waals surface area contributed by atoms with Crippen molar-refractivity contribution in [2.75, 3.05) is 7.11 Å². The largest absolute Gasteiger partial charge is 0.631 e. The van der Waals surface area contributed by atoms with Crippen LogP contribution in [0, 0.1) is 0 Å². The van der Waals surface area contributed by atoms with Gasteiger partial charge in [-0.1, -0.05) is 24.3 Å². The lowest BCUT2D eigenvalue weighted by Crippen LogP contribution is -2.26. The maximum absolute atomic E-state index is 12.3. The summed E-state index contributed by atoms with van der Waals surface area (Å²) in [6.07, 6.45) is -0.164. The average molecular weight is 226 g/mol. The molecule has 0 N–H and O–H groups in total. The Kier molecular flexibility index (Phi) is 2.82. The van der Waals surface area contributed by atoms with Crippen LogP contribution in [0.3, 0.4) is 0 Å². The number of rotatable bonds is 1. The molecule has 0 saturated carbocycles. The van der Waals surface area contributed by atoms with E-state index >= 15 is 0 Å². The van der Waals surface area contributed by atoms with E-state index in [1.807, 2.05) is 38.1 Å². The van der Waals surface area contributed by atoms with Crippen LogP contribution in [0.15, 0.2) is 24.3 Å². The van der Waals surface area contributed by atoms with E-state index in [4.69, 9.17) is 9.05 Å². The molecule has 1 aromatic carbocycles. The van der Waals surface area contributed by atoms with E-state index in [0.717, 1.165) is 11.1 Å². The van der Waals surface area contributed by atoms with Crippen LogP contribution in [0.2, 0.25) is 0 Å². The van der Waals surface area contributed by atoms with Crippen LogP contribution in [0.5, 0.6) is 0 Å². The Hall–Kier alpha value is -0.470. The Morgan fingerprint density at radius 1 is 1.27 bits per heavy atom. The summed E-state index contributed by atoms with van der Waals surface area (Å²) in [5.41, 5.74) is 1.99. The van der Waals surface area contributed by atoms with Crippen molar-refractivity contribution in [3.8, 4) is 0 Å². The van der Waals surface area contributed by atoms with E-state index in [2.05, 4.69) is 0 Å². The highest BCUT2D eigenvalue weighted by Gasteiger charge is 2.45. The first kappa shape index (κ1) is 11.0. The number of benzene rings is 1. The van der Waals surface area contributed by atoms with Gasteiger partial charge in [0.2, 0.25) is 7.94 Å². The van der Waals surface area contributed by atoms with Gasteiger partial charge in [-0.05, 0) is 19.4 Å². The van der Waals surface area contributed by atoms with E-state index in [9.17, 15) is 4.89 Å². The SMILES string of the molecule is CO[P+]1([O-])O[C@H](C)c2ccccc2[C@H]1C. The zero-order valence-electron chi connectivity index (χ0n) is 9.14. The van der Waals surface area contributed by atoms with Gasteiger partial charge in [-0.25, -0.2) is 9.05 Å². The van der Waals surface area contributed by atoms with E-state index in [-0.39, 0.29) is 11.8 Å². The maximum atomic E-state index is 12.3. The van der Waals surface area contributed by atoms with Gasteiger partial charge in [-0.3, -0.25) is 0 Å². The minimum atomic E-state index is -2.97. The first-order chi connectivity index (χ1) is 7.08. The molecule has 3 atom stereocenters. The molecule has 0 spiro atoms. The molecule has 0 fully saturated rings. The fraction of sp³-hybridized carbons (Fsp3) is 0.455. The summed E-state index contributed by atoms with van der Waals surface area (Å²) in [6, 6.07) is 7.92. The summed E-state index contributed by atoms with van der Waals surface area (Å²) in [5, 5.41) is 0. The predicted molar refractivity (Wildman–Crippen MR) is 58.3 cm³/mol. The van der Waals surface area contributed by atoms with Crippen molar-refractivity contribution < 1.29 is 13.9 Å². The highest BCUT2D eigenvalue weighted by atomic mass is 31.2. The predicted octanol–water partition coefficient (Wildman–Crippen LogP) is 2.61. The van der Waals surface area contributed by atoms with Crippen LogP contribution in [-0.4, -0.2) is 7.11 Å². The van der Waals surface area contributed by atoms with Crippen LogP contribution < -0.4 is 4.89 Å². The Morgan fingerprint density at radius 3 is 2.47 bits per heavy atom. The monoisotopic (exact) mass is 226 g/mol. The first-order valence-corrected chi connectivity index (χ1v) is 6.62. The standard InChI is InChI=1S/C11H15O3P/c1-8-10-6-4-5-7-11(10)9(2)15(12,13-3)14-8/h4-9H,1-3H3/t8-,9-,15?/m1/s1. The quantitative estimate of drug-likeness (QED) is 0.691. The molecule has 1 aromatic rings. The molecule has 0 radical (unpaired) electrons. The molecule has 1 aliphatic rings. The third-order valence-corrected chi connectivity index (χ3v) is 5.26. The number of hydrogen-bond donors (Lipinski definition) is 0. The minimum absolute atomic E-state index is 0.164. The Balaban J connectivity index is 2.48. The van der Waals surface area contributed by atoms with Crippen LogP contribution in [-0.2, 0) is 9.05 Å². The van der Waals surface area contributed by atoms with Crippen LogP contribution in [0.1, 0.15) is 36.7 Å². The smallest absolute Gasteiger partial charge is 0.245 e. The van der Waals surface area contributed by atoms with Gasteiger partial charge in [-0.2, -0.15) is 0 Å². The first-order valence-electron chi connectivity index (χ1n) is 5.01. The molecule has 4 heteroatoms. The van der Waals surface area contributed by atoms with Gasteiger partial charge in [0.05, 0.1) is 7.11 Å². The van der Waals surface area contributed by atoms with Gasteiger partial charge in [0, 0.05) is 5.56 Å². The molecule has 1 heterocycles. The third-order valence-electron chi connectivity index (χ3n) is 2.92. The molecule has 1 unspecified atom stereocenters. The lowest BCUT2D eigenvalue weighted by atomic mass is 10.0. The van der Waals surface area contributed by atoms with Crippen molar-refractivity contribution in [1.82, 2.24) is 0 Å². The Morgan fingerprint density at radius 2 is 1.87 bits per heavy atom. The van der Waals surface area contributed by atoms with Crippen molar-refractivity contribution in [2.45, 2.75) is 25.6 Å². The molecule has 3 nitrogen and oxygen atoms in total. The number of fused-ring (bicyclic) bond motifs is 1. The minimum Gasteiger partial charge on any atom is -0.631 e. The molecule has 0 saturated heterocycles. The molecular formula is C11H15O3P. The second kappa shape index (κ2) is 3.84. The molecular weight excluding hydrogens is 211 g/mol. The fourth-order valence-corrected chi connectivity index (χ4v) is 3.72. The van der Waals surface area contributed by atoms with Crippen molar-refractivity contribution in [3.05, 3.63) is 35.4 Å². The van der Waals surface area contributed by atoms with Gasteiger partial charge < -0.3 is 4.89 Å². The zero-order valence-corrected chi connectivity index (χ0v) is 10.0. The summed E-state index contributed by atoms with van der Waals surface area (Å²) in [6.45, 7) is 3.78. The van der Waals surface area contributed by atoms with E-state index in [1.54, 1.807) is 0 Å². The summed E-state index contributed by atoms with van der Waals surface area (Å²) in [4.78, 5) is 12.3. The average Bonchev–Trinajstić information content (AvgIpc) is 2.26. The summed E-state index contributed by atoms with van der Waals surface area (Å²) in [5.74, 6) is 0. The third kappa shape index (κ3) is 1.70. The van der Waals surface area contributed by atoms with Gasteiger partial charge in [0.25, 0.3) is 0 Å². The van der Waals surface area contributed by atoms with Gasteiger partial charge in [-0.15, -0.1) is 0 Å². The van der Waals surface area contributed by atoms with E-state index < -0.39 is 7.94 Å². The highest BCUT2D eigenvalue weighted by molar-refractivity contribution is 7.59. The topological polar surface area (TPSA) is 41.5 Å². The van der Waals surface area contributed by atoms with E-state index in [0.29, 0.717) is 0 Å². The molecule has 82 valence electrons. The van der Waals surface area contributed by atoms with Gasteiger partial charge in [0.1, 0.15) is 11.8 Å². The highest BCUT2D eigenvalue weighted by Crippen LogP contribution is 2.69. The Bertz CT molecular complexity index is 369. The second-order valence-corrected chi connectivity index (χ2v) is 6.21. The second-order valence-electron chi connectivity index (χ2n) is 3.77. The maximum Gasteiger partial charge on any atom is 0.245 e. The molecule has 1 aliphatic heterocycles. The van der Waals surface area contributed by atoms with Crippen LogP contribution in [0.25, 0.3) is 0 Å². The van der Waals surface area contributed by atoms with Crippen LogP contribution >= 0.6 is 7.94 Å². The Labute approximate surface area is 90.6 Å². The van der Waals surface area contributed by atoms with Crippen molar-refractivity contribution >= 4 is 7.94 Å². The zero-order chi connectivity index (χ0) is 11.1. The summed E-state index contributed by atoms with van der Waals surface area (Å²) in [7, 11) is -1.53. The van der Waals surface area contributed by atoms with Crippen molar-refractivity contribution in [3.63, 3.8) is 0 Å². The lowest BCUT2D eigenvalue weighted by molar-refractivity contribution is -0.225. The number of hydrogen-bond acceptors (Lipinski definition) is 3. The molecule has 2 rings (SSSR count). The van der Waals surface area contributed by atoms with E-state index in [1.165, 1.54) is 7.11 Å². The van der Waals surface area contributed by atoms with Gasteiger partial charge in [0.15, 0.2) is 0 Å². The van der Waals surface area contributed by atoms with Crippen molar-refractivity contribution in [2.24, 2.45) is 0 Å². The molecule has 15 heavy (non-hydrogen) atoms. The summed E-state index contributed by atoms with van der Waals surface area (Å²) >= 11 is 0.